The Labute approximate surface area is 86.7 Å². The number of ether oxygens (including phenoxy) is 1. The zero-order valence-electron chi connectivity index (χ0n) is 8.23. The van der Waals surface area contributed by atoms with Crippen LogP contribution in [0.2, 0.25) is 0 Å². The number of nitrogens with one attached hydrogen (secondary N) is 1. The van der Waals surface area contributed by atoms with E-state index in [9.17, 15) is 4.79 Å². The molecule has 15 heavy (non-hydrogen) atoms. The molecule has 82 valence electrons. The Morgan fingerprint density at radius 2 is 2.53 bits per heavy atom. The number of hydrazine groups is 1. The zero-order valence-corrected chi connectivity index (χ0v) is 8.23. The molecule has 1 aromatic heterocycles. The molecule has 2 rings (SSSR count). The zero-order chi connectivity index (χ0) is 10.7. The third-order valence-electron chi connectivity index (χ3n) is 2.22. The number of hydrogen-bond acceptors (Lipinski definition) is 5. The summed E-state index contributed by atoms with van der Waals surface area (Å²) in [5, 5.41) is 3.55. The maximum absolute atomic E-state index is 11.0. The van der Waals surface area contributed by atoms with Gasteiger partial charge in [0.1, 0.15) is 6.61 Å². The predicted molar refractivity (Wildman–Crippen MR) is 50.5 cm³/mol. The van der Waals surface area contributed by atoms with Crippen LogP contribution in [0.25, 0.3) is 0 Å². The van der Waals surface area contributed by atoms with Crippen molar-refractivity contribution in [2.75, 3.05) is 6.61 Å². The van der Waals surface area contributed by atoms with Crippen LogP contribution < -0.4 is 11.3 Å². The van der Waals surface area contributed by atoms with Gasteiger partial charge < -0.3 is 9.26 Å². The van der Waals surface area contributed by atoms with Gasteiger partial charge in [-0.25, -0.2) is 5.84 Å². The van der Waals surface area contributed by atoms with Gasteiger partial charge in [-0.15, -0.1) is 0 Å². The van der Waals surface area contributed by atoms with Crippen molar-refractivity contribution in [1.82, 2.24) is 10.6 Å². The van der Waals surface area contributed by atoms with Gasteiger partial charge in [0, 0.05) is 12.7 Å². The second kappa shape index (κ2) is 4.41. The minimum absolute atomic E-state index is 0.169. The Kier molecular flexibility index (Phi) is 2.98. The quantitative estimate of drug-likeness (QED) is 0.412. The van der Waals surface area contributed by atoms with E-state index in [2.05, 4.69) is 5.16 Å². The third-order valence-corrected chi connectivity index (χ3v) is 2.22. The molecule has 0 bridgehead atoms. The first-order valence-corrected chi connectivity index (χ1v) is 4.84. The fraction of sp³-hybridized carbons (Fsp3) is 0.556. The number of nitrogen functional groups attached to an aromatic ring is 1. The first kappa shape index (κ1) is 10.1. The molecular formula is C9H13N3O3. The lowest BCUT2D eigenvalue weighted by Gasteiger charge is -1.97. The van der Waals surface area contributed by atoms with E-state index in [1.807, 2.05) is 5.43 Å². The molecule has 0 atom stereocenters. The highest BCUT2D eigenvalue weighted by Crippen LogP contribution is 2.29. The lowest BCUT2D eigenvalue weighted by Crippen LogP contribution is -2.30. The van der Waals surface area contributed by atoms with Crippen LogP contribution in [0.1, 0.15) is 29.1 Å². The molecule has 0 spiro atoms. The van der Waals surface area contributed by atoms with Crippen molar-refractivity contribution in [1.29, 1.82) is 0 Å². The van der Waals surface area contributed by atoms with Gasteiger partial charge in [-0.1, -0.05) is 5.16 Å². The Balaban J connectivity index is 1.80. The molecule has 0 aliphatic heterocycles. The van der Waals surface area contributed by atoms with E-state index in [-0.39, 0.29) is 5.69 Å². The van der Waals surface area contributed by atoms with Crippen molar-refractivity contribution in [3.8, 4) is 0 Å². The molecule has 3 N–H and O–H groups in total. The number of carbonyl (C=O) groups is 1. The van der Waals surface area contributed by atoms with Crippen molar-refractivity contribution in [2.45, 2.75) is 19.4 Å². The summed E-state index contributed by atoms with van der Waals surface area (Å²) in [6.07, 6.45) is 2.49. The lowest BCUT2D eigenvalue weighted by molar-refractivity contribution is 0.0913. The van der Waals surface area contributed by atoms with Gasteiger partial charge in [0.15, 0.2) is 11.5 Å². The standard InChI is InChI=1S/C9H13N3O3/c10-11-9(13)8-3-7(15-12-8)5-14-4-6-1-2-6/h3,6H,1-2,4-5,10H2,(H,11,13). The molecule has 6 nitrogen and oxygen atoms in total. The van der Waals surface area contributed by atoms with Gasteiger partial charge in [-0.05, 0) is 18.8 Å². The van der Waals surface area contributed by atoms with E-state index >= 15 is 0 Å². The number of carbonyl (C=O) groups excluding carboxylic acids is 1. The van der Waals surface area contributed by atoms with Gasteiger partial charge in [0.25, 0.3) is 5.91 Å². The normalized spacial score (nSPS) is 15.3. The molecule has 6 heteroatoms. The molecule has 0 aromatic carbocycles. The van der Waals surface area contributed by atoms with Crippen LogP contribution in [0.15, 0.2) is 10.6 Å². The average molecular weight is 211 g/mol. The molecule has 0 unspecified atom stereocenters. The lowest BCUT2D eigenvalue weighted by atomic mass is 10.3. The van der Waals surface area contributed by atoms with Gasteiger partial charge in [-0.3, -0.25) is 10.2 Å². The fourth-order valence-electron chi connectivity index (χ4n) is 1.17. The Bertz CT molecular complexity index is 346. The van der Waals surface area contributed by atoms with Crippen molar-refractivity contribution in [3.05, 3.63) is 17.5 Å². The number of nitrogens with zero attached hydrogens (tertiary/aromatic N) is 1. The molecule has 0 saturated heterocycles. The van der Waals surface area contributed by atoms with Crippen molar-refractivity contribution < 1.29 is 14.1 Å². The molecule has 1 saturated carbocycles. The van der Waals surface area contributed by atoms with E-state index in [1.54, 1.807) is 0 Å². The summed E-state index contributed by atoms with van der Waals surface area (Å²) in [4.78, 5) is 11.0. The van der Waals surface area contributed by atoms with Gasteiger partial charge in [-0.2, -0.15) is 0 Å². The maximum Gasteiger partial charge on any atom is 0.287 e. The summed E-state index contributed by atoms with van der Waals surface area (Å²) in [6, 6.07) is 1.52. The predicted octanol–water partition coefficient (Wildman–Crippen LogP) is 0.205. The first-order chi connectivity index (χ1) is 7.29. The first-order valence-electron chi connectivity index (χ1n) is 4.84. The Morgan fingerprint density at radius 1 is 1.73 bits per heavy atom. The van der Waals surface area contributed by atoms with E-state index in [1.165, 1.54) is 18.9 Å². The van der Waals surface area contributed by atoms with Crippen LogP contribution in [0.5, 0.6) is 0 Å². The summed E-state index contributed by atoms with van der Waals surface area (Å²) in [5.74, 6) is 5.73. The summed E-state index contributed by atoms with van der Waals surface area (Å²) < 4.78 is 10.3. The summed E-state index contributed by atoms with van der Waals surface area (Å²) in [7, 11) is 0. The van der Waals surface area contributed by atoms with Crippen LogP contribution in [-0.4, -0.2) is 17.7 Å². The number of nitrogens with two attached hydrogens (primary N) is 1. The van der Waals surface area contributed by atoms with Crippen molar-refractivity contribution in [3.63, 3.8) is 0 Å². The molecule has 0 radical (unpaired) electrons. The third kappa shape index (κ3) is 2.77. The van der Waals surface area contributed by atoms with E-state index < -0.39 is 5.91 Å². The molecular weight excluding hydrogens is 198 g/mol. The van der Waals surface area contributed by atoms with Crippen LogP contribution in [0, 0.1) is 5.92 Å². The van der Waals surface area contributed by atoms with Gasteiger partial charge in [0.05, 0.1) is 0 Å². The molecule has 1 aliphatic carbocycles. The minimum atomic E-state index is -0.466. The second-order valence-corrected chi connectivity index (χ2v) is 3.61. The smallest absolute Gasteiger partial charge is 0.287 e. The monoisotopic (exact) mass is 211 g/mol. The highest BCUT2D eigenvalue weighted by molar-refractivity contribution is 5.91. The summed E-state index contributed by atoms with van der Waals surface area (Å²) in [5.41, 5.74) is 2.15. The molecule has 1 fully saturated rings. The summed E-state index contributed by atoms with van der Waals surface area (Å²) in [6.45, 7) is 1.10. The largest absolute Gasteiger partial charge is 0.373 e. The Hall–Kier alpha value is -1.40. The second-order valence-electron chi connectivity index (χ2n) is 3.61. The van der Waals surface area contributed by atoms with Crippen LogP contribution in [-0.2, 0) is 11.3 Å². The Morgan fingerprint density at radius 3 is 3.20 bits per heavy atom. The SMILES string of the molecule is NNC(=O)c1cc(COCC2CC2)on1. The average Bonchev–Trinajstić information content (AvgIpc) is 2.94. The van der Waals surface area contributed by atoms with Gasteiger partial charge >= 0.3 is 0 Å². The molecule has 1 heterocycles. The number of rotatable bonds is 5. The number of amides is 1. The maximum atomic E-state index is 11.0. The van der Waals surface area contributed by atoms with Gasteiger partial charge in [0.2, 0.25) is 0 Å². The van der Waals surface area contributed by atoms with E-state index in [0.717, 1.165) is 6.61 Å². The molecule has 1 amide bonds. The van der Waals surface area contributed by atoms with Crippen molar-refractivity contribution in [2.24, 2.45) is 11.8 Å². The molecule has 1 aliphatic rings. The fourth-order valence-corrected chi connectivity index (χ4v) is 1.17. The number of aromatic nitrogens is 1. The van der Waals surface area contributed by atoms with Crippen LogP contribution in [0.3, 0.4) is 0 Å². The van der Waals surface area contributed by atoms with E-state index in [0.29, 0.717) is 18.3 Å². The number of hydrogen-bond donors (Lipinski definition) is 2. The topological polar surface area (TPSA) is 90.4 Å². The van der Waals surface area contributed by atoms with Crippen LogP contribution in [0.4, 0.5) is 0 Å². The van der Waals surface area contributed by atoms with Crippen molar-refractivity contribution >= 4 is 5.91 Å². The highest BCUT2D eigenvalue weighted by atomic mass is 16.5. The minimum Gasteiger partial charge on any atom is -0.373 e. The highest BCUT2D eigenvalue weighted by Gasteiger charge is 2.21. The van der Waals surface area contributed by atoms with Crippen LogP contribution >= 0.6 is 0 Å². The summed E-state index contributed by atoms with van der Waals surface area (Å²) >= 11 is 0. The van der Waals surface area contributed by atoms with E-state index in [4.69, 9.17) is 15.1 Å². The molecule has 1 aromatic rings.